The summed E-state index contributed by atoms with van der Waals surface area (Å²) in [6.45, 7) is 0. The van der Waals surface area contributed by atoms with Crippen LogP contribution < -0.4 is 0 Å². The van der Waals surface area contributed by atoms with Crippen molar-refractivity contribution in [3.63, 3.8) is 0 Å². The van der Waals surface area contributed by atoms with Crippen molar-refractivity contribution in [3.8, 4) is 0 Å². The highest BCUT2D eigenvalue weighted by Crippen LogP contribution is 2.30. The average molecular weight is 254 g/mol. The van der Waals surface area contributed by atoms with Gasteiger partial charge in [0.15, 0.2) is 0 Å². The van der Waals surface area contributed by atoms with Crippen LogP contribution in [0.5, 0.6) is 0 Å². The second-order valence-electron chi connectivity index (χ2n) is 5.00. The number of thiophene rings is 1. The number of ether oxygens (including phenoxy) is 1. The van der Waals surface area contributed by atoms with Crippen LogP contribution in [-0.4, -0.2) is 24.4 Å². The van der Waals surface area contributed by atoms with Gasteiger partial charge in [-0.05, 0) is 41.1 Å². The number of methoxy groups -OCH3 is 1. The summed E-state index contributed by atoms with van der Waals surface area (Å²) in [6, 6.07) is 2.08. The summed E-state index contributed by atoms with van der Waals surface area (Å²) in [5, 5.41) is 14.5. The number of aliphatic hydroxyl groups is 1. The molecule has 0 saturated heterocycles. The van der Waals surface area contributed by atoms with E-state index in [1.54, 1.807) is 18.4 Å². The molecule has 2 nitrogen and oxygen atoms in total. The van der Waals surface area contributed by atoms with Gasteiger partial charge in [-0.25, -0.2) is 0 Å². The van der Waals surface area contributed by atoms with E-state index in [9.17, 15) is 5.11 Å². The van der Waals surface area contributed by atoms with Crippen LogP contribution in [0, 0.1) is 5.92 Å². The molecule has 0 aliphatic heterocycles. The molecule has 3 heteroatoms. The molecular weight excluding hydrogens is 232 g/mol. The van der Waals surface area contributed by atoms with Crippen molar-refractivity contribution in [2.24, 2.45) is 5.92 Å². The van der Waals surface area contributed by atoms with E-state index < -0.39 is 0 Å². The first-order valence-electron chi connectivity index (χ1n) is 6.53. The number of aliphatic hydroxyl groups excluding tert-OH is 1. The van der Waals surface area contributed by atoms with Crippen LogP contribution in [0.15, 0.2) is 16.8 Å². The summed E-state index contributed by atoms with van der Waals surface area (Å²) in [7, 11) is 1.73. The molecule has 0 bridgehead atoms. The summed E-state index contributed by atoms with van der Waals surface area (Å²) in [6.07, 6.45) is 6.70. The Kier molecular flexibility index (Phi) is 5.01. The molecule has 1 heterocycles. The molecule has 2 atom stereocenters. The van der Waals surface area contributed by atoms with Gasteiger partial charge >= 0.3 is 0 Å². The zero-order chi connectivity index (χ0) is 12.1. The Hall–Kier alpha value is -0.380. The predicted molar refractivity (Wildman–Crippen MR) is 71.4 cm³/mol. The van der Waals surface area contributed by atoms with Crippen LogP contribution in [0.1, 0.15) is 37.7 Å². The summed E-state index contributed by atoms with van der Waals surface area (Å²) in [5.74, 6) is 0.544. The van der Waals surface area contributed by atoms with Gasteiger partial charge in [0, 0.05) is 13.5 Å². The average Bonchev–Trinajstić information content (AvgIpc) is 2.84. The number of hydrogen-bond acceptors (Lipinski definition) is 3. The quantitative estimate of drug-likeness (QED) is 0.874. The minimum absolute atomic E-state index is 0.00944. The molecule has 0 aromatic carbocycles. The van der Waals surface area contributed by atoms with Crippen molar-refractivity contribution in [2.45, 2.75) is 50.7 Å². The summed E-state index contributed by atoms with van der Waals surface area (Å²) in [4.78, 5) is 0. The van der Waals surface area contributed by atoms with E-state index in [1.807, 2.05) is 0 Å². The second kappa shape index (κ2) is 6.53. The Morgan fingerprint density at radius 1 is 1.41 bits per heavy atom. The van der Waals surface area contributed by atoms with Crippen molar-refractivity contribution in [3.05, 3.63) is 22.4 Å². The Morgan fingerprint density at radius 3 is 2.76 bits per heavy atom. The third-order valence-electron chi connectivity index (χ3n) is 3.79. The molecule has 2 rings (SSSR count). The minimum Gasteiger partial charge on any atom is -0.390 e. The van der Waals surface area contributed by atoms with E-state index >= 15 is 0 Å². The van der Waals surface area contributed by atoms with E-state index in [1.165, 1.54) is 37.7 Å². The van der Waals surface area contributed by atoms with E-state index in [4.69, 9.17) is 4.74 Å². The standard InChI is InChI=1S/C14H22O2S/c1-16-14(12-5-3-2-4-6-12)13(15)9-11-7-8-17-10-11/h7-8,10,12-15H,2-6,9H2,1H3. The molecule has 0 radical (unpaired) electrons. The molecule has 1 saturated carbocycles. The van der Waals surface area contributed by atoms with Crippen LogP contribution in [0.3, 0.4) is 0 Å². The lowest BCUT2D eigenvalue weighted by atomic mass is 9.82. The van der Waals surface area contributed by atoms with Gasteiger partial charge in [-0.1, -0.05) is 19.3 Å². The number of rotatable bonds is 5. The van der Waals surface area contributed by atoms with Gasteiger partial charge in [0.05, 0.1) is 12.2 Å². The zero-order valence-electron chi connectivity index (χ0n) is 10.5. The fourth-order valence-electron chi connectivity index (χ4n) is 2.89. The maximum Gasteiger partial charge on any atom is 0.0861 e. The lowest BCUT2D eigenvalue weighted by Gasteiger charge is -2.32. The molecule has 1 aliphatic rings. The molecule has 1 aromatic rings. The largest absolute Gasteiger partial charge is 0.390 e. The maximum atomic E-state index is 10.3. The Morgan fingerprint density at radius 2 is 2.18 bits per heavy atom. The first kappa shape index (κ1) is 13.1. The van der Waals surface area contributed by atoms with Crippen LogP contribution in [0.4, 0.5) is 0 Å². The predicted octanol–water partition coefficient (Wildman–Crippen LogP) is 3.25. The van der Waals surface area contributed by atoms with Gasteiger partial charge < -0.3 is 9.84 Å². The monoisotopic (exact) mass is 254 g/mol. The molecule has 1 N–H and O–H groups in total. The van der Waals surface area contributed by atoms with Gasteiger partial charge in [0.25, 0.3) is 0 Å². The molecule has 17 heavy (non-hydrogen) atoms. The van der Waals surface area contributed by atoms with Gasteiger partial charge in [-0.15, -0.1) is 0 Å². The molecule has 96 valence electrons. The van der Waals surface area contributed by atoms with E-state index in [0.29, 0.717) is 5.92 Å². The first-order valence-corrected chi connectivity index (χ1v) is 7.47. The first-order chi connectivity index (χ1) is 8.31. The minimum atomic E-state index is -0.363. The summed E-state index contributed by atoms with van der Waals surface area (Å²) >= 11 is 1.68. The van der Waals surface area contributed by atoms with Gasteiger partial charge in [0.1, 0.15) is 0 Å². The Bertz CT molecular complexity index is 304. The highest BCUT2D eigenvalue weighted by molar-refractivity contribution is 7.07. The van der Waals surface area contributed by atoms with Crippen LogP contribution in [0.2, 0.25) is 0 Å². The SMILES string of the molecule is COC(C(O)Cc1ccsc1)C1CCCCC1. The van der Waals surface area contributed by atoms with E-state index in [0.717, 1.165) is 6.42 Å². The van der Waals surface area contributed by atoms with Gasteiger partial charge in [0.2, 0.25) is 0 Å². The summed E-state index contributed by atoms with van der Waals surface area (Å²) < 4.78 is 5.55. The molecule has 2 unspecified atom stereocenters. The van der Waals surface area contributed by atoms with Crippen molar-refractivity contribution in [1.29, 1.82) is 0 Å². The van der Waals surface area contributed by atoms with Gasteiger partial charge in [-0.2, -0.15) is 11.3 Å². The van der Waals surface area contributed by atoms with Gasteiger partial charge in [-0.3, -0.25) is 0 Å². The fourth-order valence-corrected chi connectivity index (χ4v) is 3.57. The van der Waals surface area contributed by atoms with Crippen LogP contribution in [0.25, 0.3) is 0 Å². The molecule has 1 aliphatic carbocycles. The topological polar surface area (TPSA) is 29.5 Å². The lowest BCUT2D eigenvalue weighted by Crippen LogP contribution is -2.37. The molecular formula is C14H22O2S. The highest BCUT2D eigenvalue weighted by atomic mass is 32.1. The maximum absolute atomic E-state index is 10.3. The Balaban J connectivity index is 1.92. The highest BCUT2D eigenvalue weighted by Gasteiger charge is 2.29. The van der Waals surface area contributed by atoms with Crippen molar-refractivity contribution in [1.82, 2.24) is 0 Å². The van der Waals surface area contributed by atoms with Crippen molar-refractivity contribution in [2.75, 3.05) is 7.11 Å². The second-order valence-corrected chi connectivity index (χ2v) is 5.78. The van der Waals surface area contributed by atoms with Crippen LogP contribution >= 0.6 is 11.3 Å². The molecule has 1 fully saturated rings. The Labute approximate surface area is 108 Å². The normalized spacial score (nSPS) is 21.3. The third kappa shape index (κ3) is 3.54. The molecule has 0 spiro atoms. The lowest BCUT2D eigenvalue weighted by molar-refractivity contribution is -0.0535. The molecule has 0 amide bonds. The molecule has 1 aromatic heterocycles. The zero-order valence-corrected chi connectivity index (χ0v) is 11.3. The van der Waals surface area contributed by atoms with Crippen molar-refractivity contribution < 1.29 is 9.84 Å². The van der Waals surface area contributed by atoms with E-state index in [2.05, 4.69) is 16.8 Å². The smallest absolute Gasteiger partial charge is 0.0861 e. The fraction of sp³-hybridized carbons (Fsp3) is 0.714. The summed E-state index contributed by atoms with van der Waals surface area (Å²) in [5.41, 5.74) is 1.22. The third-order valence-corrected chi connectivity index (χ3v) is 4.52. The van der Waals surface area contributed by atoms with Crippen LogP contribution in [-0.2, 0) is 11.2 Å². The number of hydrogen-bond donors (Lipinski definition) is 1. The van der Waals surface area contributed by atoms with E-state index in [-0.39, 0.29) is 12.2 Å². The van der Waals surface area contributed by atoms with Crippen molar-refractivity contribution >= 4 is 11.3 Å².